The van der Waals surface area contributed by atoms with Crippen LogP contribution in [0.4, 0.5) is 0 Å². The summed E-state index contributed by atoms with van der Waals surface area (Å²) in [6.07, 6.45) is 1.65. The molecule has 0 aliphatic rings. The van der Waals surface area contributed by atoms with Crippen LogP contribution in [0, 0.1) is 11.3 Å². The predicted octanol–water partition coefficient (Wildman–Crippen LogP) is 2.96. The Kier molecular flexibility index (Phi) is 3.36. The number of nitrogens with zero attached hydrogens (tertiary/aromatic N) is 1. The molecule has 0 aromatic heterocycles. The minimum absolute atomic E-state index is 0.651. The number of hydrogen-bond acceptors (Lipinski definition) is 2. The molecule has 2 rings (SSSR count). The van der Waals surface area contributed by atoms with Gasteiger partial charge in [-0.05, 0) is 29.3 Å². The minimum Gasteiger partial charge on any atom is -0.255 e. The Morgan fingerprint density at radius 3 is 2.29 bits per heavy atom. The number of nitriles is 1. The van der Waals surface area contributed by atoms with Gasteiger partial charge in [-0.3, -0.25) is 4.21 Å². The average molecular weight is 241 g/mol. The maximum absolute atomic E-state index is 11.3. The molecule has 0 fully saturated rings. The molecule has 2 nitrogen and oxygen atoms in total. The smallest absolute Gasteiger partial charge is 0.0998 e. The fraction of sp³-hybridized carbons (Fsp3) is 0.0714. The first-order chi connectivity index (χ1) is 8.22. The molecule has 0 saturated heterocycles. The van der Waals surface area contributed by atoms with Crippen molar-refractivity contribution in [3.63, 3.8) is 0 Å². The van der Waals surface area contributed by atoms with Gasteiger partial charge in [-0.1, -0.05) is 30.3 Å². The zero-order chi connectivity index (χ0) is 12.3. The molecule has 0 bridgehead atoms. The van der Waals surface area contributed by atoms with Crippen molar-refractivity contribution >= 4 is 10.8 Å². The van der Waals surface area contributed by atoms with E-state index in [-0.39, 0.29) is 0 Å². The van der Waals surface area contributed by atoms with E-state index in [1.54, 1.807) is 12.3 Å². The molecule has 0 aliphatic carbocycles. The van der Waals surface area contributed by atoms with Crippen LogP contribution in [0.1, 0.15) is 5.56 Å². The Labute approximate surface area is 103 Å². The van der Waals surface area contributed by atoms with Crippen molar-refractivity contribution in [2.75, 3.05) is 6.26 Å². The lowest BCUT2D eigenvalue weighted by Crippen LogP contribution is -1.88. The summed E-state index contributed by atoms with van der Waals surface area (Å²) in [5.74, 6) is 0. The van der Waals surface area contributed by atoms with Crippen LogP contribution in [-0.4, -0.2) is 10.5 Å². The first-order valence-electron chi connectivity index (χ1n) is 5.15. The molecule has 0 saturated carbocycles. The largest absolute Gasteiger partial charge is 0.255 e. The van der Waals surface area contributed by atoms with Crippen LogP contribution in [0.5, 0.6) is 0 Å². The van der Waals surface area contributed by atoms with E-state index >= 15 is 0 Å². The highest BCUT2D eigenvalue weighted by molar-refractivity contribution is 7.84. The third-order valence-electron chi connectivity index (χ3n) is 2.54. The molecule has 2 aromatic carbocycles. The molecular weight excluding hydrogens is 230 g/mol. The van der Waals surface area contributed by atoms with Crippen molar-refractivity contribution in [2.45, 2.75) is 4.90 Å². The zero-order valence-corrected chi connectivity index (χ0v) is 10.2. The van der Waals surface area contributed by atoms with Gasteiger partial charge in [-0.25, -0.2) is 0 Å². The molecule has 1 atom stereocenters. The van der Waals surface area contributed by atoms with Crippen LogP contribution >= 0.6 is 0 Å². The summed E-state index contributed by atoms with van der Waals surface area (Å²) >= 11 is 0. The van der Waals surface area contributed by atoms with Crippen LogP contribution in [0.25, 0.3) is 11.1 Å². The number of rotatable bonds is 2. The van der Waals surface area contributed by atoms with Crippen molar-refractivity contribution in [1.82, 2.24) is 0 Å². The summed E-state index contributed by atoms with van der Waals surface area (Å²) in [7, 11) is -0.966. The van der Waals surface area contributed by atoms with E-state index in [4.69, 9.17) is 5.26 Å². The van der Waals surface area contributed by atoms with Crippen LogP contribution in [0.2, 0.25) is 0 Å². The van der Waals surface area contributed by atoms with E-state index in [0.717, 1.165) is 16.0 Å². The van der Waals surface area contributed by atoms with Crippen molar-refractivity contribution < 1.29 is 4.21 Å². The summed E-state index contributed by atoms with van der Waals surface area (Å²) in [4.78, 5) is 0.795. The summed E-state index contributed by atoms with van der Waals surface area (Å²) in [6, 6.07) is 17.1. The first-order valence-corrected chi connectivity index (χ1v) is 6.71. The molecule has 0 N–H and O–H groups in total. The predicted molar refractivity (Wildman–Crippen MR) is 68.9 cm³/mol. The first kappa shape index (κ1) is 11.6. The summed E-state index contributed by atoms with van der Waals surface area (Å²) in [5, 5.41) is 9.02. The van der Waals surface area contributed by atoms with Gasteiger partial charge in [0.15, 0.2) is 0 Å². The van der Waals surface area contributed by atoms with E-state index in [9.17, 15) is 4.21 Å². The highest BCUT2D eigenvalue weighted by Crippen LogP contribution is 2.23. The topological polar surface area (TPSA) is 40.9 Å². The van der Waals surface area contributed by atoms with Crippen molar-refractivity contribution in [3.8, 4) is 17.2 Å². The Hall–Kier alpha value is -1.92. The van der Waals surface area contributed by atoms with Gasteiger partial charge in [0.05, 0.1) is 11.6 Å². The van der Waals surface area contributed by atoms with Gasteiger partial charge in [0, 0.05) is 22.0 Å². The second-order valence-corrected chi connectivity index (χ2v) is 5.02. The van der Waals surface area contributed by atoms with Crippen molar-refractivity contribution in [1.29, 1.82) is 5.26 Å². The van der Waals surface area contributed by atoms with E-state index in [2.05, 4.69) is 6.07 Å². The van der Waals surface area contributed by atoms with Crippen LogP contribution in [0.3, 0.4) is 0 Å². The summed E-state index contributed by atoms with van der Waals surface area (Å²) < 4.78 is 11.3. The number of hydrogen-bond donors (Lipinski definition) is 0. The van der Waals surface area contributed by atoms with Gasteiger partial charge in [0.1, 0.15) is 0 Å². The normalized spacial score (nSPS) is 11.8. The Morgan fingerprint density at radius 2 is 1.71 bits per heavy atom. The maximum atomic E-state index is 11.3. The summed E-state index contributed by atoms with van der Waals surface area (Å²) in [6.45, 7) is 0. The quantitative estimate of drug-likeness (QED) is 0.811. The van der Waals surface area contributed by atoms with Gasteiger partial charge in [0.25, 0.3) is 0 Å². The highest BCUT2D eigenvalue weighted by atomic mass is 32.2. The lowest BCUT2D eigenvalue weighted by Gasteiger charge is -2.04. The number of benzene rings is 2. The van der Waals surface area contributed by atoms with E-state index < -0.39 is 10.8 Å². The third-order valence-corrected chi connectivity index (χ3v) is 3.48. The van der Waals surface area contributed by atoms with Gasteiger partial charge in [0.2, 0.25) is 0 Å². The minimum atomic E-state index is -0.966. The van der Waals surface area contributed by atoms with Gasteiger partial charge < -0.3 is 0 Å². The zero-order valence-electron chi connectivity index (χ0n) is 9.38. The Bertz CT molecular complexity index is 596. The second-order valence-electron chi connectivity index (χ2n) is 3.64. The second kappa shape index (κ2) is 4.94. The van der Waals surface area contributed by atoms with E-state index in [1.807, 2.05) is 42.5 Å². The van der Waals surface area contributed by atoms with Gasteiger partial charge in [-0.2, -0.15) is 5.26 Å². The standard InChI is InChI=1S/C14H11NOS/c1-17(16)13-8-6-11(7-9-13)14-5-3-2-4-12(14)10-15/h2-9H,1H3/t17-/m1/s1. The van der Waals surface area contributed by atoms with Crippen LogP contribution in [-0.2, 0) is 10.8 Å². The molecule has 17 heavy (non-hydrogen) atoms. The monoisotopic (exact) mass is 241 g/mol. The van der Waals surface area contributed by atoms with E-state index in [0.29, 0.717) is 5.56 Å². The maximum Gasteiger partial charge on any atom is 0.0998 e. The molecule has 2 aromatic rings. The molecule has 0 heterocycles. The van der Waals surface area contributed by atoms with Crippen LogP contribution in [0.15, 0.2) is 53.4 Å². The molecule has 0 aliphatic heterocycles. The van der Waals surface area contributed by atoms with Gasteiger partial charge in [-0.15, -0.1) is 0 Å². The summed E-state index contributed by atoms with van der Waals surface area (Å²) in [5.41, 5.74) is 2.53. The molecule has 0 unspecified atom stereocenters. The lowest BCUT2D eigenvalue weighted by molar-refractivity contribution is 0.687. The lowest BCUT2D eigenvalue weighted by atomic mass is 10.0. The van der Waals surface area contributed by atoms with E-state index in [1.165, 1.54) is 0 Å². The average Bonchev–Trinajstić information content (AvgIpc) is 2.39. The Morgan fingerprint density at radius 1 is 1.06 bits per heavy atom. The van der Waals surface area contributed by atoms with Crippen molar-refractivity contribution in [3.05, 3.63) is 54.1 Å². The highest BCUT2D eigenvalue weighted by Gasteiger charge is 2.04. The molecule has 84 valence electrons. The molecule has 3 heteroatoms. The van der Waals surface area contributed by atoms with Gasteiger partial charge >= 0.3 is 0 Å². The molecule has 0 amide bonds. The molecule has 0 radical (unpaired) electrons. The molecular formula is C14H11NOS. The Balaban J connectivity index is 2.47. The van der Waals surface area contributed by atoms with Crippen molar-refractivity contribution in [2.24, 2.45) is 0 Å². The molecule has 0 spiro atoms. The SMILES string of the molecule is C[S@@](=O)c1ccc(-c2ccccc2C#N)cc1. The third kappa shape index (κ3) is 2.43. The fourth-order valence-electron chi connectivity index (χ4n) is 1.66. The fourth-order valence-corrected chi connectivity index (χ4v) is 2.18. The van der Waals surface area contributed by atoms with Crippen LogP contribution < -0.4 is 0 Å².